The minimum absolute atomic E-state index is 0.429. The number of halogens is 3. The zero-order valence-electron chi connectivity index (χ0n) is 11.9. The van der Waals surface area contributed by atoms with Gasteiger partial charge in [0.25, 0.3) is 0 Å². The summed E-state index contributed by atoms with van der Waals surface area (Å²) in [5.41, 5.74) is 0.934. The molecule has 0 unspecified atom stereocenters. The third-order valence-corrected chi connectivity index (χ3v) is 3.05. The number of aromatic nitrogens is 2. The predicted octanol–water partition coefficient (Wildman–Crippen LogP) is 4.50. The summed E-state index contributed by atoms with van der Waals surface area (Å²) >= 11 is 0. The molecule has 108 valence electrons. The Morgan fingerprint density at radius 2 is 1.55 bits per heavy atom. The molecule has 0 saturated heterocycles. The molecule has 1 aromatic heterocycles. The van der Waals surface area contributed by atoms with Crippen molar-refractivity contribution in [3.8, 4) is 5.69 Å². The quantitative estimate of drug-likeness (QED) is 0.753. The van der Waals surface area contributed by atoms with Gasteiger partial charge in [-0.3, -0.25) is 0 Å². The molecule has 0 aliphatic heterocycles. The van der Waals surface area contributed by atoms with Gasteiger partial charge >= 0.3 is 6.18 Å². The lowest BCUT2D eigenvalue weighted by Gasteiger charge is -2.20. The number of nitrogens with zero attached hydrogens (tertiary/aromatic N) is 2. The molecule has 20 heavy (non-hydrogen) atoms. The monoisotopic (exact) mass is 282 g/mol. The summed E-state index contributed by atoms with van der Waals surface area (Å²) in [6, 6.07) is 8.39. The van der Waals surface area contributed by atoms with Crippen LogP contribution in [0.5, 0.6) is 0 Å². The Morgan fingerprint density at radius 1 is 1.00 bits per heavy atom. The second-order valence-corrected chi connectivity index (χ2v) is 5.91. The smallest absolute Gasteiger partial charge is 0.237 e. The molecule has 2 rings (SSSR count). The Balaban J connectivity index is 2.62. The lowest BCUT2D eigenvalue weighted by Crippen LogP contribution is -2.17. The van der Waals surface area contributed by atoms with Crippen LogP contribution in [0, 0.1) is 6.92 Å². The fourth-order valence-electron chi connectivity index (χ4n) is 1.94. The number of aryl methyl sites for hydroxylation is 1. The van der Waals surface area contributed by atoms with E-state index in [-0.39, 0.29) is 0 Å². The van der Waals surface area contributed by atoms with Crippen molar-refractivity contribution >= 4 is 0 Å². The topological polar surface area (TPSA) is 17.8 Å². The molecule has 1 heterocycles. The molecule has 0 aliphatic rings. The van der Waals surface area contributed by atoms with Gasteiger partial charge in [0, 0.05) is 5.41 Å². The van der Waals surface area contributed by atoms with Gasteiger partial charge in [0.15, 0.2) is 5.69 Å². The molecule has 0 bridgehead atoms. The van der Waals surface area contributed by atoms with E-state index in [2.05, 4.69) is 5.10 Å². The molecular weight excluding hydrogens is 265 g/mol. The summed E-state index contributed by atoms with van der Waals surface area (Å²) < 4.78 is 40.0. The first-order valence-corrected chi connectivity index (χ1v) is 6.34. The molecule has 0 radical (unpaired) electrons. The van der Waals surface area contributed by atoms with Gasteiger partial charge in [-0.2, -0.15) is 18.3 Å². The maximum absolute atomic E-state index is 12.9. The van der Waals surface area contributed by atoms with Gasteiger partial charge in [-0.1, -0.05) is 38.5 Å². The van der Waals surface area contributed by atoms with Crippen molar-refractivity contribution in [2.24, 2.45) is 0 Å². The number of hydrogen-bond acceptors (Lipinski definition) is 1. The first-order valence-electron chi connectivity index (χ1n) is 6.34. The van der Waals surface area contributed by atoms with Crippen LogP contribution in [0.2, 0.25) is 0 Å². The summed E-state index contributed by atoms with van der Waals surface area (Å²) in [4.78, 5) is 0. The largest absolute Gasteiger partial charge is 0.435 e. The van der Waals surface area contributed by atoms with E-state index in [4.69, 9.17) is 0 Å². The SMILES string of the molecule is Cc1ccc(-n2nc(C(F)(F)F)cc2C(C)(C)C)cc1. The third-order valence-electron chi connectivity index (χ3n) is 3.05. The molecule has 0 fully saturated rings. The summed E-state index contributed by atoms with van der Waals surface area (Å²) in [5.74, 6) is 0. The van der Waals surface area contributed by atoms with E-state index in [1.54, 1.807) is 12.1 Å². The van der Waals surface area contributed by atoms with Gasteiger partial charge in [0.1, 0.15) is 0 Å². The van der Waals surface area contributed by atoms with Crippen LogP contribution in [0.25, 0.3) is 5.69 Å². The van der Waals surface area contributed by atoms with Crippen molar-refractivity contribution in [3.05, 3.63) is 47.3 Å². The fourth-order valence-corrected chi connectivity index (χ4v) is 1.94. The van der Waals surface area contributed by atoms with Gasteiger partial charge in [0.05, 0.1) is 11.4 Å². The molecule has 5 heteroatoms. The number of benzene rings is 1. The minimum Gasteiger partial charge on any atom is -0.237 e. The van der Waals surface area contributed by atoms with Gasteiger partial charge < -0.3 is 0 Å². The first-order chi connectivity index (χ1) is 9.09. The highest BCUT2D eigenvalue weighted by Gasteiger charge is 2.36. The Bertz CT molecular complexity index is 602. The number of hydrogen-bond donors (Lipinski definition) is 0. The molecule has 0 amide bonds. The second kappa shape index (κ2) is 4.65. The molecule has 0 atom stereocenters. The van der Waals surface area contributed by atoms with Gasteiger partial charge in [-0.15, -0.1) is 0 Å². The second-order valence-electron chi connectivity index (χ2n) is 5.91. The van der Waals surface area contributed by atoms with E-state index in [9.17, 15) is 13.2 Å². The summed E-state index contributed by atoms with van der Waals surface area (Å²) in [6.07, 6.45) is -4.43. The lowest BCUT2D eigenvalue weighted by molar-refractivity contribution is -0.141. The fraction of sp³-hybridized carbons (Fsp3) is 0.400. The van der Waals surface area contributed by atoms with Crippen LogP contribution in [0.15, 0.2) is 30.3 Å². The maximum atomic E-state index is 12.9. The molecule has 1 aromatic carbocycles. The van der Waals surface area contributed by atoms with Crippen molar-refractivity contribution in [2.45, 2.75) is 39.3 Å². The zero-order chi connectivity index (χ0) is 15.1. The average molecular weight is 282 g/mol. The summed E-state index contributed by atoms with van der Waals surface area (Å²) in [7, 11) is 0. The molecular formula is C15H17F3N2. The highest BCUT2D eigenvalue weighted by Crippen LogP contribution is 2.33. The maximum Gasteiger partial charge on any atom is 0.435 e. The molecule has 2 nitrogen and oxygen atoms in total. The molecule has 0 saturated carbocycles. The Kier molecular flexibility index (Phi) is 3.40. The van der Waals surface area contributed by atoms with Crippen LogP contribution in [0.3, 0.4) is 0 Å². The lowest BCUT2D eigenvalue weighted by atomic mass is 9.91. The van der Waals surface area contributed by atoms with Crippen molar-refractivity contribution in [1.82, 2.24) is 9.78 Å². The van der Waals surface area contributed by atoms with E-state index >= 15 is 0 Å². The summed E-state index contributed by atoms with van der Waals surface area (Å²) in [6.45, 7) is 7.54. The third kappa shape index (κ3) is 2.86. The van der Waals surface area contributed by atoms with E-state index in [0.717, 1.165) is 11.6 Å². The number of alkyl halides is 3. The molecule has 2 aromatic rings. The van der Waals surface area contributed by atoms with Gasteiger partial charge in [0.2, 0.25) is 0 Å². The van der Waals surface area contributed by atoms with Gasteiger partial charge in [-0.05, 0) is 25.1 Å². The van der Waals surface area contributed by atoms with Crippen LogP contribution in [0.1, 0.15) is 37.7 Å². The van der Waals surface area contributed by atoms with E-state index in [1.165, 1.54) is 4.68 Å². The Labute approximate surface area is 116 Å². The van der Waals surface area contributed by atoms with Crippen molar-refractivity contribution in [3.63, 3.8) is 0 Å². The summed E-state index contributed by atoms with van der Waals surface area (Å²) in [5, 5.41) is 3.74. The van der Waals surface area contributed by atoms with Crippen molar-refractivity contribution in [2.75, 3.05) is 0 Å². The normalized spacial score (nSPS) is 12.8. The zero-order valence-corrected chi connectivity index (χ0v) is 11.9. The van der Waals surface area contributed by atoms with E-state index in [0.29, 0.717) is 11.4 Å². The standard InChI is InChI=1S/C15H17F3N2/c1-10-5-7-11(8-6-10)20-13(14(2,3)4)9-12(19-20)15(16,17)18/h5-9H,1-4H3. The van der Waals surface area contributed by atoms with Crippen molar-refractivity contribution in [1.29, 1.82) is 0 Å². The van der Waals surface area contributed by atoms with E-state index < -0.39 is 17.3 Å². The Morgan fingerprint density at radius 3 is 2.00 bits per heavy atom. The average Bonchev–Trinajstić information content (AvgIpc) is 2.74. The Hall–Kier alpha value is -1.78. The molecule has 0 N–H and O–H groups in total. The molecule has 0 aliphatic carbocycles. The van der Waals surface area contributed by atoms with Crippen molar-refractivity contribution < 1.29 is 13.2 Å². The van der Waals surface area contributed by atoms with Crippen LogP contribution in [-0.4, -0.2) is 9.78 Å². The molecule has 0 spiro atoms. The van der Waals surface area contributed by atoms with Crippen LogP contribution >= 0.6 is 0 Å². The predicted molar refractivity (Wildman–Crippen MR) is 72.0 cm³/mol. The highest BCUT2D eigenvalue weighted by atomic mass is 19.4. The first kappa shape index (κ1) is 14.6. The van der Waals surface area contributed by atoms with Gasteiger partial charge in [-0.25, -0.2) is 4.68 Å². The van der Waals surface area contributed by atoms with Crippen LogP contribution < -0.4 is 0 Å². The van der Waals surface area contributed by atoms with Crippen LogP contribution in [0.4, 0.5) is 13.2 Å². The van der Waals surface area contributed by atoms with Crippen LogP contribution in [-0.2, 0) is 11.6 Å². The minimum atomic E-state index is -4.43. The number of rotatable bonds is 1. The highest BCUT2D eigenvalue weighted by molar-refractivity contribution is 5.37. The van der Waals surface area contributed by atoms with E-state index in [1.807, 2.05) is 39.8 Å².